The molecule has 1 aliphatic carbocycles. The monoisotopic (exact) mass is 395 g/mol. The van der Waals surface area contributed by atoms with E-state index < -0.39 is 11.2 Å². The van der Waals surface area contributed by atoms with Crippen molar-refractivity contribution in [1.29, 1.82) is 0 Å². The van der Waals surface area contributed by atoms with E-state index in [4.69, 9.17) is 0 Å². The zero-order valence-corrected chi connectivity index (χ0v) is 16.5. The van der Waals surface area contributed by atoms with E-state index in [0.717, 1.165) is 35.8 Å². The van der Waals surface area contributed by atoms with Gasteiger partial charge in [-0.3, -0.25) is 14.2 Å². The maximum absolute atomic E-state index is 13.2. The molecule has 152 valence electrons. The van der Waals surface area contributed by atoms with Crippen LogP contribution in [0.25, 0.3) is 11.2 Å². The Morgan fingerprint density at radius 3 is 2.55 bits per heavy atom. The fraction of sp³-hybridized carbons (Fsp3) is 0.429. The van der Waals surface area contributed by atoms with Crippen LogP contribution in [-0.4, -0.2) is 30.6 Å². The molecule has 0 aliphatic heterocycles. The van der Waals surface area contributed by atoms with Crippen LogP contribution in [0, 0.1) is 0 Å². The highest BCUT2D eigenvalue weighted by Crippen LogP contribution is 2.17. The molecule has 1 amide bonds. The van der Waals surface area contributed by atoms with Crippen molar-refractivity contribution in [3.63, 3.8) is 0 Å². The van der Waals surface area contributed by atoms with E-state index in [1.807, 2.05) is 37.3 Å². The second-order valence-electron chi connectivity index (χ2n) is 7.50. The fourth-order valence-electron chi connectivity index (χ4n) is 4.01. The number of hydrogen-bond donors (Lipinski definition) is 1. The number of nitrogens with one attached hydrogen (secondary N) is 1. The summed E-state index contributed by atoms with van der Waals surface area (Å²) in [5.74, 6) is -0.302. The molecule has 1 N–H and O–H groups in total. The summed E-state index contributed by atoms with van der Waals surface area (Å²) in [6.45, 7) is 2.45. The van der Waals surface area contributed by atoms with Gasteiger partial charge in [-0.05, 0) is 25.3 Å². The summed E-state index contributed by atoms with van der Waals surface area (Å²) in [6.07, 6.45) is 5.64. The van der Waals surface area contributed by atoms with Crippen molar-refractivity contribution in [2.24, 2.45) is 0 Å². The van der Waals surface area contributed by atoms with Gasteiger partial charge in [0.1, 0.15) is 6.54 Å². The first-order valence-corrected chi connectivity index (χ1v) is 10.1. The van der Waals surface area contributed by atoms with Gasteiger partial charge in [-0.15, -0.1) is 0 Å². The Morgan fingerprint density at radius 2 is 1.86 bits per heavy atom. The van der Waals surface area contributed by atoms with Crippen LogP contribution in [0.1, 0.15) is 38.2 Å². The number of carbonyl (C=O) groups excluding carboxylic acids is 1. The first-order chi connectivity index (χ1) is 14.1. The summed E-state index contributed by atoms with van der Waals surface area (Å²) >= 11 is 0. The molecule has 1 aromatic carbocycles. The van der Waals surface area contributed by atoms with Crippen LogP contribution in [0.3, 0.4) is 0 Å². The smallest absolute Gasteiger partial charge is 0.333 e. The number of nitrogens with zero attached hydrogens (tertiary/aromatic N) is 4. The van der Waals surface area contributed by atoms with E-state index >= 15 is 0 Å². The van der Waals surface area contributed by atoms with Crippen molar-refractivity contribution < 1.29 is 4.79 Å². The summed E-state index contributed by atoms with van der Waals surface area (Å²) in [4.78, 5) is 43.1. The average Bonchev–Trinajstić information content (AvgIpc) is 3.39. The molecule has 0 radical (unpaired) electrons. The lowest BCUT2D eigenvalue weighted by atomic mass is 10.2. The van der Waals surface area contributed by atoms with Crippen LogP contribution in [0.15, 0.2) is 46.2 Å². The van der Waals surface area contributed by atoms with E-state index in [0.29, 0.717) is 17.7 Å². The Labute approximate surface area is 167 Å². The standard InChI is InChI=1S/C21H25N5O3/c1-2-24-14-22-19-18(24)20(28)26(13-17(27)23-16-10-6-7-11-16)21(29)25(19)12-15-8-4-3-5-9-15/h3-5,8-9,14,16H,2,6-7,10-13H2,1H3,(H,23,27). The topological polar surface area (TPSA) is 90.9 Å². The van der Waals surface area contributed by atoms with Crippen LogP contribution in [0.4, 0.5) is 0 Å². The number of fused-ring (bicyclic) bond motifs is 1. The molecule has 1 fully saturated rings. The molecule has 4 rings (SSSR count). The third-order valence-corrected chi connectivity index (χ3v) is 5.53. The van der Waals surface area contributed by atoms with Crippen molar-refractivity contribution in [2.45, 2.75) is 58.3 Å². The number of imidazole rings is 1. The minimum Gasteiger partial charge on any atom is -0.352 e. The van der Waals surface area contributed by atoms with E-state index in [2.05, 4.69) is 10.3 Å². The molecule has 8 heteroatoms. The van der Waals surface area contributed by atoms with Gasteiger partial charge in [0.05, 0.1) is 12.9 Å². The number of hydrogen-bond acceptors (Lipinski definition) is 4. The third-order valence-electron chi connectivity index (χ3n) is 5.53. The molecule has 2 aromatic heterocycles. The van der Waals surface area contributed by atoms with Gasteiger partial charge in [0.15, 0.2) is 11.2 Å². The Kier molecular flexibility index (Phi) is 5.33. The molecule has 0 unspecified atom stereocenters. The normalized spacial score (nSPS) is 14.5. The van der Waals surface area contributed by atoms with Crippen molar-refractivity contribution in [2.75, 3.05) is 0 Å². The molecule has 0 atom stereocenters. The number of carbonyl (C=O) groups is 1. The van der Waals surface area contributed by atoms with E-state index in [-0.39, 0.29) is 25.0 Å². The van der Waals surface area contributed by atoms with Crippen molar-refractivity contribution in [3.8, 4) is 0 Å². The van der Waals surface area contributed by atoms with Gasteiger partial charge in [0, 0.05) is 12.6 Å². The zero-order valence-electron chi connectivity index (χ0n) is 16.5. The van der Waals surface area contributed by atoms with Gasteiger partial charge >= 0.3 is 5.69 Å². The minimum atomic E-state index is -0.519. The van der Waals surface area contributed by atoms with Crippen LogP contribution < -0.4 is 16.6 Å². The van der Waals surface area contributed by atoms with Crippen LogP contribution >= 0.6 is 0 Å². The molecule has 0 bridgehead atoms. The predicted octanol–water partition coefficient (Wildman–Crippen LogP) is 1.49. The number of aryl methyl sites for hydroxylation is 1. The van der Waals surface area contributed by atoms with Gasteiger partial charge in [-0.2, -0.15) is 0 Å². The lowest BCUT2D eigenvalue weighted by Gasteiger charge is -2.15. The lowest BCUT2D eigenvalue weighted by molar-refractivity contribution is -0.122. The fourth-order valence-corrected chi connectivity index (χ4v) is 4.01. The van der Waals surface area contributed by atoms with Crippen LogP contribution in [0.2, 0.25) is 0 Å². The summed E-state index contributed by atoms with van der Waals surface area (Å²) in [6, 6.07) is 9.66. The minimum absolute atomic E-state index is 0.134. The molecule has 8 nitrogen and oxygen atoms in total. The van der Waals surface area contributed by atoms with Crippen LogP contribution in [-0.2, 0) is 24.4 Å². The molecule has 29 heavy (non-hydrogen) atoms. The molecule has 1 saturated carbocycles. The highest BCUT2D eigenvalue weighted by Gasteiger charge is 2.21. The Morgan fingerprint density at radius 1 is 1.14 bits per heavy atom. The van der Waals surface area contributed by atoms with Gasteiger partial charge in [0.25, 0.3) is 5.56 Å². The quantitative estimate of drug-likeness (QED) is 0.685. The second kappa shape index (κ2) is 8.06. The average molecular weight is 395 g/mol. The first kappa shape index (κ1) is 19.2. The van der Waals surface area contributed by atoms with Crippen molar-refractivity contribution in [3.05, 3.63) is 63.1 Å². The Balaban J connectivity index is 1.77. The van der Waals surface area contributed by atoms with Gasteiger partial charge < -0.3 is 9.88 Å². The third kappa shape index (κ3) is 3.74. The molecule has 2 heterocycles. The summed E-state index contributed by atoms with van der Waals surface area (Å²) in [5, 5.41) is 2.95. The van der Waals surface area contributed by atoms with E-state index in [9.17, 15) is 14.4 Å². The van der Waals surface area contributed by atoms with Crippen LogP contribution in [0.5, 0.6) is 0 Å². The summed E-state index contributed by atoms with van der Waals surface area (Å²) < 4.78 is 4.22. The summed E-state index contributed by atoms with van der Waals surface area (Å²) in [7, 11) is 0. The number of rotatable bonds is 6. The molecular formula is C21H25N5O3. The molecule has 0 spiro atoms. The van der Waals surface area contributed by atoms with Crippen molar-refractivity contribution >= 4 is 17.1 Å². The number of amides is 1. The molecule has 0 saturated heterocycles. The van der Waals surface area contributed by atoms with Gasteiger partial charge in [0.2, 0.25) is 5.91 Å². The lowest BCUT2D eigenvalue weighted by Crippen LogP contribution is -2.45. The second-order valence-corrected chi connectivity index (χ2v) is 7.50. The Bertz CT molecular complexity index is 1140. The zero-order chi connectivity index (χ0) is 20.4. The van der Waals surface area contributed by atoms with Crippen molar-refractivity contribution in [1.82, 2.24) is 24.0 Å². The Hall–Kier alpha value is -3.16. The highest BCUT2D eigenvalue weighted by molar-refractivity contribution is 5.77. The summed E-state index contributed by atoms with van der Waals surface area (Å²) in [5.41, 5.74) is 0.613. The SMILES string of the molecule is CCn1cnc2c1c(=O)n(CC(=O)NC1CCCC1)c(=O)n2Cc1ccccc1. The number of benzene rings is 1. The molecule has 1 aliphatic rings. The number of aromatic nitrogens is 4. The molecule has 3 aromatic rings. The predicted molar refractivity (Wildman–Crippen MR) is 110 cm³/mol. The van der Waals surface area contributed by atoms with E-state index in [1.54, 1.807) is 10.9 Å². The van der Waals surface area contributed by atoms with Gasteiger partial charge in [-0.25, -0.2) is 14.3 Å². The largest absolute Gasteiger partial charge is 0.352 e. The van der Waals surface area contributed by atoms with Gasteiger partial charge in [-0.1, -0.05) is 43.2 Å². The molecular weight excluding hydrogens is 370 g/mol. The van der Waals surface area contributed by atoms with E-state index in [1.165, 1.54) is 4.57 Å². The maximum Gasteiger partial charge on any atom is 0.333 e. The highest BCUT2D eigenvalue weighted by atomic mass is 16.2. The maximum atomic E-state index is 13.2. The first-order valence-electron chi connectivity index (χ1n) is 10.1.